The Morgan fingerprint density at radius 2 is 1.02 bits per heavy atom. The molecule has 0 aliphatic rings. The zero-order valence-electron chi connectivity index (χ0n) is 30.0. The first kappa shape index (κ1) is 32.1. The Kier molecular flexibility index (Phi) is 7.17. The predicted molar refractivity (Wildman–Crippen MR) is 236 cm³/mol. The summed E-state index contributed by atoms with van der Waals surface area (Å²) in [6.45, 7) is 0. The molecule has 266 valence electrons. The molecular weight excluding hydrogens is 739 g/mol. The van der Waals surface area contributed by atoms with Crippen LogP contribution in [0, 0.1) is 0 Å². The minimum atomic E-state index is 0.626. The first-order valence-corrected chi connectivity index (χ1v) is 20.3. The molecule has 0 amide bonds. The van der Waals surface area contributed by atoms with Crippen molar-refractivity contribution in [3.8, 4) is 56.8 Å². The van der Waals surface area contributed by atoms with E-state index in [1.807, 2.05) is 54.6 Å². The van der Waals surface area contributed by atoms with Gasteiger partial charge < -0.3 is 4.42 Å². The van der Waals surface area contributed by atoms with Gasteiger partial charge in [-0.3, -0.25) is 0 Å². The second-order valence-electron chi connectivity index (χ2n) is 14.0. The van der Waals surface area contributed by atoms with Crippen molar-refractivity contribution in [2.75, 3.05) is 0 Å². The highest BCUT2D eigenvalue weighted by molar-refractivity contribution is 7.26. The van der Waals surface area contributed by atoms with Crippen LogP contribution in [0.15, 0.2) is 168 Å². The van der Waals surface area contributed by atoms with Crippen molar-refractivity contribution in [3.63, 3.8) is 0 Å². The van der Waals surface area contributed by atoms with Gasteiger partial charge in [-0.25, -0.2) is 24.9 Å². The molecule has 12 aromatic rings. The van der Waals surface area contributed by atoms with Crippen molar-refractivity contribution < 1.29 is 4.42 Å². The molecule has 0 radical (unpaired) electrons. The second kappa shape index (κ2) is 12.7. The summed E-state index contributed by atoms with van der Waals surface area (Å²) in [6.07, 6.45) is 0. The van der Waals surface area contributed by atoms with Gasteiger partial charge in [0, 0.05) is 73.5 Å². The highest BCUT2D eigenvalue weighted by Gasteiger charge is 2.21. The van der Waals surface area contributed by atoms with Crippen LogP contribution in [0.2, 0.25) is 0 Å². The average molecular weight is 766 g/mol. The van der Waals surface area contributed by atoms with E-state index in [2.05, 4.69) is 109 Å². The maximum absolute atomic E-state index is 6.39. The van der Waals surface area contributed by atoms with Crippen molar-refractivity contribution in [1.82, 2.24) is 24.9 Å². The molecule has 12 rings (SSSR count). The SMILES string of the molecule is c1ccc(-c2nc(-c3cccc4c3sc3ccccc34)nc(-c3cccc4sc5ccc(-c6nc(-c7ccccc7)c7oc8ccccc8c7n6)cc5c34)n2)cc1. The normalized spacial score (nSPS) is 11.9. The van der Waals surface area contributed by atoms with Crippen LogP contribution >= 0.6 is 22.7 Å². The Bertz CT molecular complexity index is 3540. The Morgan fingerprint density at radius 1 is 0.386 bits per heavy atom. The fourth-order valence-corrected chi connectivity index (χ4v) is 10.2. The van der Waals surface area contributed by atoms with Crippen molar-refractivity contribution in [1.29, 1.82) is 0 Å². The third-order valence-corrected chi connectivity index (χ3v) is 12.9. The van der Waals surface area contributed by atoms with Crippen LogP contribution in [0.5, 0.6) is 0 Å². The second-order valence-corrected chi connectivity index (χ2v) is 16.1. The van der Waals surface area contributed by atoms with Crippen LogP contribution in [-0.2, 0) is 0 Å². The van der Waals surface area contributed by atoms with Gasteiger partial charge in [0.2, 0.25) is 0 Å². The number of thiophene rings is 2. The Morgan fingerprint density at radius 3 is 1.88 bits per heavy atom. The Hall–Kier alpha value is -7.13. The molecule has 0 fully saturated rings. The molecule has 6 nitrogen and oxygen atoms in total. The topological polar surface area (TPSA) is 77.6 Å². The zero-order chi connectivity index (χ0) is 37.5. The third-order valence-electron chi connectivity index (χ3n) is 10.6. The van der Waals surface area contributed by atoms with E-state index in [0.717, 1.165) is 74.9 Å². The number of aromatic nitrogens is 5. The molecule has 5 aromatic heterocycles. The molecule has 0 spiro atoms. The Balaban J connectivity index is 1.08. The molecule has 7 aromatic carbocycles. The van der Waals surface area contributed by atoms with Crippen molar-refractivity contribution in [3.05, 3.63) is 164 Å². The van der Waals surface area contributed by atoms with Crippen LogP contribution in [0.3, 0.4) is 0 Å². The highest BCUT2D eigenvalue weighted by Crippen LogP contribution is 2.43. The van der Waals surface area contributed by atoms with Gasteiger partial charge in [0.1, 0.15) is 16.8 Å². The summed E-state index contributed by atoms with van der Waals surface area (Å²) in [5.41, 5.74) is 7.80. The largest absolute Gasteiger partial charge is 0.452 e. The summed E-state index contributed by atoms with van der Waals surface area (Å²) >= 11 is 3.54. The van der Waals surface area contributed by atoms with Gasteiger partial charge in [-0.2, -0.15) is 0 Å². The lowest BCUT2D eigenvalue weighted by molar-refractivity contribution is 0.667. The molecule has 0 unspecified atom stereocenters. The molecule has 0 bridgehead atoms. The van der Waals surface area contributed by atoms with Crippen LogP contribution < -0.4 is 0 Å². The summed E-state index contributed by atoms with van der Waals surface area (Å²) in [5.74, 6) is 2.54. The number of nitrogens with zero attached hydrogens (tertiary/aromatic N) is 5. The van der Waals surface area contributed by atoms with Gasteiger partial charge in [-0.15, -0.1) is 22.7 Å². The number of fused-ring (bicyclic) bond motifs is 9. The lowest BCUT2D eigenvalue weighted by atomic mass is 10.0. The van der Waals surface area contributed by atoms with Gasteiger partial charge >= 0.3 is 0 Å². The van der Waals surface area contributed by atoms with E-state index in [-0.39, 0.29) is 0 Å². The van der Waals surface area contributed by atoms with Crippen molar-refractivity contribution >= 4 is 85.1 Å². The van der Waals surface area contributed by atoms with Gasteiger partial charge in [0.05, 0.1) is 0 Å². The molecule has 57 heavy (non-hydrogen) atoms. The highest BCUT2D eigenvalue weighted by atomic mass is 32.1. The van der Waals surface area contributed by atoms with E-state index >= 15 is 0 Å². The van der Waals surface area contributed by atoms with Crippen LogP contribution in [0.1, 0.15) is 0 Å². The van der Waals surface area contributed by atoms with E-state index in [1.54, 1.807) is 22.7 Å². The number of para-hydroxylation sites is 1. The van der Waals surface area contributed by atoms with E-state index in [0.29, 0.717) is 28.9 Å². The summed E-state index contributed by atoms with van der Waals surface area (Å²) < 4.78 is 11.1. The molecule has 0 aliphatic heterocycles. The minimum absolute atomic E-state index is 0.626. The van der Waals surface area contributed by atoms with E-state index in [1.165, 1.54) is 15.5 Å². The van der Waals surface area contributed by atoms with Crippen LogP contribution in [0.4, 0.5) is 0 Å². The maximum atomic E-state index is 6.39. The maximum Gasteiger partial charge on any atom is 0.180 e. The lowest BCUT2D eigenvalue weighted by Crippen LogP contribution is -2.00. The average Bonchev–Trinajstić information content (AvgIpc) is 3.97. The van der Waals surface area contributed by atoms with Gasteiger partial charge in [-0.05, 0) is 48.5 Å². The Labute approximate surface area is 333 Å². The summed E-state index contributed by atoms with van der Waals surface area (Å²) in [5, 5.41) is 5.59. The summed E-state index contributed by atoms with van der Waals surface area (Å²) in [4.78, 5) is 26.0. The van der Waals surface area contributed by atoms with Gasteiger partial charge in [0.15, 0.2) is 28.9 Å². The first-order chi connectivity index (χ1) is 28.2. The molecule has 0 saturated carbocycles. The van der Waals surface area contributed by atoms with Crippen LogP contribution in [0.25, 0.3) is 119 Å². The fraction of sp³-hybridized carbons (Fsp3) is 0. The standard InChI is InChI=1S/C49H27N5OS2/c1-3-13-28(14-4-1)42-44-43(33-18-7-9-22-37(33)55-44)51-47(50-42)30-25-26-39-36(27-30)41-34(20-12-24-40(41)56-39)48-52-46(29-15-5-2-6-16-29)53-49(54-48)35-21-11-19-32-31-17-8-10-23-38(31)57-45(32)35/h1-27H. The molecule has 0 aliphatic carbocycles. The first-order valence-electron chi connectivity index (χ1n) is 18.7. The summed E-state index contributed by atoms with van der Waals surface area (Å²) in [6, 6.07) is 56.3. The van der Waals surface area contributed by atoms with E-state index in [4.69, 9.17) is 29.3 Å². The molecule has 8 heteroatoms. The fourth-order valence-electron chi connectivity index (χ4n) is 7.92. The number of hydrogen-bond donors (Lipinski definition) is 0. The summed E-state index contributed by atoms with van der Waals surface area (Å²) in [7, 11) is 0. The number of furan rings is 1. The van der Waals surface area contributed by atoms with Crippen molar-refractivity contribution in [2.45, 2.75) is 0 Å². The minimum Gasteiger partial charge on any atom is -0.452 e. The smallest absolute Gasteiger partial charge is 0.180 e. The molecule has 0 saturated heterocycles. The van der Waals surface area contributed by atoms with E-state index in [9.17, 15) is 0 Å². The number of rotatable bonds is 5. The molecule has 5 heterocycles. The van der Waals surface area contributed by atoms with Crippen molar-refractivity contribution in [2.24, 2.45) is 0 Å². The molecule has 0 atom stereocenters. The number of benzene rings is 7. The number of hydrogen-bond acceptors (Lipinski definition) is 8. The third kappa shape index (κ3) is 5.19. The molecular formula is C49H27N5OS2. The lowest BCUT2D eigenvalue weighted by Gasteiger charge is -2.10. The zero-order valence-corrected chi connectivity index (χ0v) is 31.7. The van der Waals surface area contributed by atoms with Gasteiger partial charge in [-0.1, -0.05) is 115 Å². The predicted octanol–water partition coefficient (Wildman–Crippen LogP) is 13.6. The molecule has 0 N–H and O–H groups in total. The quantitative estimate of drug-likeness (QED) is 0.174. The monoisotopic (exact) mass is 765 g/mol. The van der Waals surface area contributed by atoms with Crippen LogP contribution in [-0.4, -0.2) is 24.9 Å². The van der Waals surface area contributed by atoms with E-state index < -0.39 is 0 Å². The van der Waals surface area contributed by atoms with Gasteiger partial charge in [0.25, 0.3) is 0 Å².